The number of rotatable bonds is 2. The molecule has 0 N–H and O–H groups in total. The van der Waals surface area contributed by atoms with Gasteiger partial charge in [-0.25, -0.2) is 9.98 Å². The summed E-state index contributed by atoms with van der Waals surface area (Å²) in [5, 5.41) is 11.0. The second kappa shape index (κ2) is 5.10. The molecule has 0 radical (unpaired) electrons. The average Bonchev–Trinajstić information content (AvgIpc) is 2.46. The largest absolute Gasteiger partial charge is 0.466 e. The Bertz CT molecular complexity index is 757. The van der Waals surface area contributed by atoms with Crippen LogP contribution in [0, 0.1) is 10.1 Å². The quantitative estimate of drug-likeness (QED) is 0.628. The highest BCUT2D eigenvalue weighted by atomic mass is 16.6. The monoisotopic (exact) mass is 299 g/mol. The van der Waals surface area contributed by atoms with Crippen LogP contribution in [0.25, 0.3) is 0 Å². The number of pyridine rings is 1. The highest BCUT2D eigenvalue weighted by Gasteiger charge is 2.31. The van der Waals surface area contributed by atoms with Gasteiger partial charge in [0.05, 0.1) is 10.5 Å². The first-order chi connectivity index (χ1) is 10.4. The van der Waals surface area contributed by atoms with E-state index in [-0.39, 0.29) is 11.6 Å². The van der Waals surface area contributed by atoms with Crippen molar-refractivity contribution in [3.63, 3.8) is 0 Å². The van der Waals surface area contributed by atoms with E-state index >= 15 is 0 Å². The van der Waals surface area contributed by atoms with Gasteiger partial charge in [-0.1, -0.05) is 6.07 Å². The summed E-state index contributed by atoms with van der Waals surface area (Å²) in [5.41, 5.74) is -0.452. The first-order valence-electron chi connectivity index (χ1n) is 6.61. The third-order valence-electron chi connectivity index (χ3n) is 2.97. The highest BCUT2D eigenvalue weighted by Crippen LogP contribution is 2.33. The molecule has 0 aliphatic carbocycles. The van der Waals surface area contributed by atoms with E-state index < -0.39 is 10.6 Å². The van der Waals surface area contributed by atoms with Crippen molar-refractivity contribution >= 4 is 11.6 Å². The number of fused-ring (bicyclic) bond motifs is 1. The zero-order chi connectivity index (χ0) is 15.7. The maximum atomic E-state index is 11.0. The summed E-state index contributed by atoms with van der Waals surface area (Å²) in [6.45, 7) is 3.55. The summed E-state index contributed by atoms with van der Waals surface area (Å²) in [7, 11) is 0. The summed E-state index contributed by atoms with van der Waals surface area (Å²) < 4.78 is 11.4. The zero-order valence-electron chi connectivity index (χ0n) is 12.0. The molecular weight excluding hydrogens is 286 g/mol. The summed E-state index contributed by atoms with van der Waals surface area (Å²) in [6, 6.07) is 9.54. The second-order valence-corrected chi connectivity index (χ2v) is 5.17. The van der Waals surface area contributed by atoms with Crippen LogP contribution < -0.4 is 9.47 Å². The molecule has 2 heterocycles. The topological polar surface area (TPSA) is 86.9 Å². The average molecular weight is 299 g/mol. The van der Waals surface area contributed by atoms with Gasteiger partial charge < -0.3 is 9.47 Å². The van der Waals surface area contributed by atoms with Crippen molar-refractivity contribution in [1.82, 2.24) is 4.98 Å². The maximum absolute atomic E-state index is 11.0. The molecule has 112 valence electrons. The standard InChI is InChI=1S/C15H13N3O4/c1-15(2)17-14(21-13-5-3-4-8-16-13)11-9-10(18(19)20)6-7-12(11)22-15/h3-9H,1-2H3. The van der Waals surface area contributed by atoms with Crippen molar-refractivity contribution in [3.05, 3.63) is 58.3 Å². The first-order valence-corrected chi connectivity index (χ1v) is 6.61. The van der Waals surface area contributed by atoms with Crippen LogP contribution in [0.3, 0.4) is 0 Å². The van der Waals surface area contributed by atoms with Crippen molar-refractivity contribution in [3.8, 4) is 11.6 Å². The molecule has 0 fully saturated rings. The van der Waals surface area contributed by atoms with E-state index in [0.29, 0.717) is 17.2 Å². The summed E-state index contributed by atoms with van der Waals surface area (Å²) >= 11 is 0. The van der Waals surface area contributed by atoms with Gasteiger partial charge in [-0.2, -0.15) is 0 Å². The summed E-state index contributed by atoms with van der Waals surface area (Å²) in [5.74, 6) is 1.08. The van der Waals surface area contributed by atoms with Crippen molar-refractivity contribution < 1.29 is 14.4 Å². The minimum atomic E-state index is -0.826. The fraction of sp³-hybridized carbons (Fsp3) is 0.200. The number of nitro groups is 1. The third-order valence-corrected chi connectivity index (χ3v) is 2.97. The normalized spacial score (nSPS) is 15.3. The minimum absolute atomic E-state index is 0.0561. The lowest BCUT2D eigenvalue weighted by atomic mass is 10.1. The van der Waals surface area contributed by atoms with Crippen LogP contribution >= 0.6 is 0 Å². The molecule has 1 aliphatic rings. The molecule has 1 aromatic heterocycles. The Balaban J connectivity index is 2.05. The Morgan fingerprint density at radius 3 is 2.77 bits per heavy atom. The van der Waals surface area contributed by atoms with Gasteiger partial charge in [0.15, 0.2) is 5.72 Å². The Morgan fingerprint density at radius 1 is 1.27 bits per heavy atom. The molecule has 22 heavy (non-hydrogen) atoms. The van der Waals surface area contributed by atoms with Crippen LogP contribution in [0.4, 0.5) is 5.69 Å². The molecular formula is C15H13N3O4. The van der Waals surface area contributed by atoms with Crippen LogP contribution in [0.1, 0.15) is 19.4 Å². The van der Waals surface area contributed by atoms with Gasteiger partial charge in [0.1, 0.15) is 5.75 Å². The summed E-state index contributed by atoms with van der Waals surface area (Å²) in [4.78, 5) is 18.9. The first kappa shape index (κ1) is 14.0. The number of benzene rings is 1. The number of nitrogens with zero attached hydrogens (tertiary/aromatic N) is 3. The molecule has 3 rings (SSSR count). The van der Waals surface area contributed by atoms with E-state index in [1.165, 1.54) is 12.1 Å². The maximum Gasteiger partial charge on any atom is 0.270 e. The Labute approximate surface area is 126 Å². The second-order valence-electron chi connectivity index (χ2n) is 5.17. The Morgan fingerprint density at radius 2 is 2.09 bits per heavy atom. The lowest BCUT2D eigenvalue weighted by Crippen LogP contribution is -2.34. The van der Waals surface area contributed by atoms with Crippen LogP contribution in [0.5, 0.6) is 11.6 Å². The fourth-order valence-corrected chi connectivity index (χ4v) is 2.07. The minimum Gasteiger partial charge on any atom is -0.466 e. The van der Waals surface area contributed by atoms with Gasteiger partial charge in [-0.05, 0) is 26.0 Å². The molecule has 0 bridgehead atoms. The van der Waals surface area contributed by atoms with Gasteiger partial charge in [-0.15, -0.1) is 0 Å². The molecule has 0 saturated carbocycles. The fourth-order valence-electron chi connectivity index (χ4n) is 2.07. The SMILES string of the molecule is CC1(C)N=C(Oc2ccccn2)c2cc([N+](=O)[O-])ccc2O1. The van der Waals surface area contributed by atoms with Crippen molar-refractivity contribution in [1.29, 1.82) is 0 Å². The Hall–Kier alpha value is -2.96. The lowest BCUT2D eigenvalue weighted by Gasteiger charge is -2.29. The number of non-ortho nitro benzene ring substituents is 1. The molecule has 7 heteroatoms. The number of hydrogen-bond acceptors (Lipinski definition) is 6. The van der Waals surface area contributed by atoms with Crippen molar-refractivity contribution in [2.75, 3.05) is 0 Å². The number of aromatic nitrogens is 1. The molecule has 7 nitrogen and oxygen atoms in total. The van der Waals surface area contributed by atoms with Gasteiger partial charge in [0, 0.05) is 24.4 Å². The summed E-state index contributed by atoms with van der Waals surface area (Å²) in [6.07, 6.45) is 1.59. The smallest absolute Gasteiger partial charge is 0.270 e. The highest BCUT2D eigenvalue weighted by molar-refractivity contribution is 5.99. The predicted octanol–water partition coefficient (Wildman–Crippen LogP) is 2.94. The van der Waals surface area contributed by atoms with E-state index in [4.69, 9.17) is 9.47 Å². The number of nitro benzene ring substituents is 1. The van der Waals surface area contributed by atoms with Crippen LogP contribution in [0.15, 0.2) is 47.6 Å². The van der Waals surface area contributed by atoms with Crippen LogP contribution in [-0.4, -0.2) is 21.5 Å². The van der Waals surface area contributed by atoms with Gasteiger partial charge in [-0.3, -0.25) is 10.1 Å². The number of hydrogen-bond donors (Lipinski definition) is 0. The predicted molar refractivity (Wildman–Crippen MR) is 79.2 cm³/mol. The van der Waals surface area contributed by atoms with E-state index in [1.54, 1.807) is 44.3 Å². The van der Waals surface area contributed by atoms with Crippen LogP contribution in [-0.2, 0) is 0 Å². The third kappa shape index (κ3) is 2.73. The van der Waals surface area contributed by atoms with E-state index in [9.17, 15) is 10.1 Å². The molecule has 0 spiro atoms. The molecule has 0 saturated heterocycles. The van der Waals surface area contributed by atoms with Gasteiger partial charge in [0.25, 0.3) is 5.69 Å². The van der Waals surface area contributed by atoms with Gasteiger partial charge in [0.2, 0.25) is 11.8 Å². The van der Waals surface area contributed by atoms with E-state index in [1.807, 2.05) is 0 Å². The molecule has 0 unspecified atom stereocenters. The van der Waals surface area contributed by atoms with Crippen LogP contribution in [0.2, 0.25) is 0 Å². The molecule has 1 aromatic carbocycles. The van der Waals surface area contributed by atoms with Gasteiger partial charge >= 0.3 is 0 Å². The van der Waals surface area contributed by atoms with E-state index in [2.05, 4.69) is 9.98 Å². The van der Waals surface area contributed by atoms with Crippen molar-refractivity contribution in [2.24, 2.45) is 4.99 Å². The molecule has 0 atom stereocenters. The van der Waals surface area contributed by atoms with E-state index in [0.717, 1.165) is 0 Å². The molecule has 1 aliphatic heterocycles. The number of aliphatic imine (C=N–C) groups is 1. The van der Waals surface area contributed by atoms with Crippen molar-refractivity contribution in [2.45, 2.75) is 19.6 Å². The Kier molecular flexibility index (Phi) is 3.25. The zero-order valence-corrected chi connectivity index (χ0v) is 12.0. The lowest BCUT2D eigenvalue weighted by molar-refractivity contribution is -0.384. The molecule has 0 amide bonds. The molecule has 2 aromatic rings. The number of ether oxygens (including phenoxy) is 2.